The topological polar surface area (TPSA) is 32.7 Å². The minimum atomic E-state index is 0.274. The van der Waals surface area contributed by atoms with Crippen LogP contribution in [0.5, 0.6) is 5.75 Å². The maximum atomic E-state index is 9.68. The number of rotatable bonds is 2. The van der Waals surface area contributed by atoms with Gasteiger partial charge in [0.15, 0.2) is 0 Å². The first-order chi connectivity index (χ1) is 7.66. The Balaban J connectivity index is 2.09. The standard InChI is InChI=1S/C12H16ClNO2/c1-9-11(13)6-10(7-12(9)15)8-14-2-4-16-5-3-14/h6-7,15H,2-5,8H2,1H3. The maximum Gasteiger partial charge on any atom is 0.120 e. The number of benzene rings is 1. The molecule has 4 heteroatoms. The van der Waals surface area contributed by atoms with Gasteiger partial charge in [-0.3, -0.25) is 4.90 Å². The molecule has 88 valence electrons. The molecule has 2 rings (SSSR count). The summed E-state index contributed by atoms with van der Waals surface area (Å²) in [5.74, 6) is 0.274. The predicted molar refractivity (Wildman–Crippen MR) is 63.9 cm³/mol. The number of aromatic hydroxyl groups is 1. The zero-order chi connectivity index (χ0) is 11.5. The fourth-order valence-corrected chi connectivity index (χ4v) is 2.06. The molecule has 1 saturated heterocycles. The smallest absolute Gasteiger partial charge is 0.120 e. The van der Waals surface area contributed by atoms with Crippen molar-refractivity contribution >= 4 is 11.6 Å². The van der Waals surface area contributed by atoms with E-state index in [2.05, 4.69) is 4.90 Å². The summed E-state index contributed by atoms with van der Waals surface area (Å²) in [7, 11) is 0. The average Bonchev–Trinajstić information content (AvgIpc) is 2.27. The van der Waals surface area contributed by atoms with Crippen molar-refractivity contribution < 1.29 is 9.84 Å². The van der Waals surface area contributed by atoms with Crippen LogP contribution in [0.15, 0.2) is 12.1 Å². The van der Waals surface area contributed by atoms with Crippen LogP contribution < -0.4 is 0 Å². The predicted octanol–water partition coefficient (Wildman–Crippen LogP) is 2.19. The second kappa shape index (κ2) is 5.04. The molecule has 0 bridgehead atoms. The van der Waals surface area contributed by atoms with Gasteiger partial charge >= 0.3 is 0 Å². The third-order valence-electron chi connectivity index (χ3n) is 2.89. The first-order valence-corrected chi connectivity index (χ1v) is 5.82. The Kier molecular flexibility index (Phi) is 3.69. The number of phenols is 1. The van der Waals surface area contributed by atoms with Crippen molar-refractivity contribution in [3.63, 3.8) is 0 Å². The highest BCUT2D eigenvalue weighted by molar-refractivity contribution is 6.31. The lowest BCUT2D eigenvalue weighted by Gasteiger charge is -2.26. The highest BCUT2D eigenvalue weighted by atomic mass is 35.5. The fourth-order valence-electron chi connectivity index (χ4n) is 1.83. The van der Waals surface area contributed by atoms with Crippen LogP contribution in [0.2, 0.25) is 5.02 Å². The lowest BCUT2D eigenvalue weighted by atomic mass is 10.1. The second-order valence-electron chi connectivity index (χ2n) is 4.11. The quantitative estimate of drug-likeness (QED) is 0.862. The second-order valence-corrected chi connectivity index (χ2v) is 4.52. The van der Waals surface area contributed by atoms with E-state index in [4.69, 9.17) is 16.3 Å². The molecule has 1 aliphatic heterocycles. The summed E-state index contributed by atoms with van der Waals surface area (Å²) < 4.78 is 5.29. The fraction of sp³-hybridized carbons (Fsp3) is 0.500. The summed E-state index contributed by atoms with van der Waals surface area (Å²) in [4.78, 5) is 2.30. The molecule has 1 aromatic carbocycles. The molecule has 0 aromatic heterocycles. The number of ether oxygens (including phenoxy) is 1. The van der Waals surface area contributed by atoms with E-state index in [9.17, 15) is 5.11 Å². The minimum Gasteiger partial charge on any atom is -0.508 e. The minimum absolute atomic E-state index is 0.274. The molecule has 1 N–H and O–H groups in total. The van der Waals surface area contributed by atoms with E-state index in [0.29, 0.717) is 5.02 Å². The van der Waals surface area contributed by atoms with E-state index in [1.54, 1.807) is 6.07 Å². The first-order valence-electron chi connectivity index (χ1n) is 5.45. The molecule has 0 atom stereocenters. The van der Waals surface area contributed by atoms with Crippen molar-refractivity contribution in [2.24, 2.45) is 0 Å². The summed E-state index contributed by atoms with van der Waals surface area (Å²) in [5.41, 5.74) is 1.79. The zero-order valence-electron chi connectivity index (χ0n) is 9.37. The van der Waals surface area contributed by atoms with Gasteiger partial charge in [0.2, 0.25) is 0 Å². The summed E-state index contributed by atoms with van der Waals surface area (Å²) >= 11 is 6.03. The van der Waals surface area contributed by atoms with Crippen LogP contribution in [0.3, 0.4) is 0 Å². The zero-order valence-corrected chi connectivity index (χ0v) is 10.1. The number of hydrogen-bond donors (Lipinski definition) is 1. The number of nitrogens with zero attached hydrogens (tertiary/aromatic N) is 1. The Bertz CT molecular complexity index is 352. The molecule has 1 aromatic rings. The van der Waals surface area contributed by atoms with E-state index in [-0.39, 0.29) is 5.75 Å². The van der Waals surface area contributed by atoms with Crippen molar-refractivity contribution in [1.29, 1.82) is 0 Å². The number of halogens is 1. The molecule has 0 spiro atoms. The van der Waals surface area contributed by atoms with Gasteiger partial charge in [0.25, 0.3) is 0 Å². The number of phenolic OH excluding ortho intramolecular Hbond substituents is 1. The van der Waals surface area contributed by atoms with E-state index in [0.717, 1.165) is 44.0 Å². The Morgan fingerprint density at radius 3 is 2.69 bits per heavy atom. The van der Waals surface area contributed by atoms with Crippen LogP contribution in [0.1, 0.15) is 11.1 Å². The molecule has 1 heterocycles. The van der Waals surface area contributed by atoms with Gasteiger partial charge < -0.3 is 9.84 Å². The van der Waals surface area contributed by atoms with E-state index < -0.39 is 0 Å². The number of morpholine rings is 1. The first kappa shape index (κ1) is 11.7. The summed E-state index contributed by atoms with van der Waals surface area (Å²) in [6.45, 7) is 6.07. The van der Waals surface area contributed by atoms with Gasteiger partial charge in [0, 0.05) is 30.2 Å². The van der Waals surface area contributed by atoms with Crippen LogP contribution in [-0.4, -0.2) is 36.3 Å². The van der Waals surface area contributed by atoms with E-state index in [1.165, 1.54) is 0 Å². The van der Waals surface area contributed by atoms with Gasteiger partial charge in [-0.25, -0.2) is 0 Å². The van der Waals surface area contributed by atoms with Gasteiger partial charge in [0.1, 0.15) is 5.75 Å². The molecule has 1 fully saturated rings. The van der Waals surface area contributed by atoms with E-state index in [1.807, 2.05) is 13.0 Å². The van der Waals surface area contributed by atoms with E-state index >= 15 is 0 Å². The summed E-state index contributed by atoms with van der Waals surface area (Å²) in [6, 6.07) is 3.71. The lowest BCUT2D eigenvalue weighted by molar-refractivity contribution is 0.0342. The normalized spacial score (nSPS) is 17.6. The van der Waals surface area contributed by atoms with Gasteiger partial charge in [-0.15, -0.1) is 0 Å². The third kappa shape index (κ3) is 2.67. The highest BCUT2D eigenvalue weighted by Gasteiger charge is 2.12. The van der Waals surface area contributed by atoms with Crippen LogP contribution in [0.4, 0.5) is 0 Å². The van der Waals surface area contributed by atoms with Gasteiger partial charge in [-0.2, -0.15) is 0 Å². The molecule has 3 nitrogen and oxygen atoms in total. The van der Waals surface area contributed by atoms with Crippen molar-refractivity contribution in [3.8, 4) is 5.75 Å². The lowest BCUT2D eigenvalue weighted by Crippen LogP contribution is -2.35. The number of hydrogen-bond acceptors (Lipinski definition) is 3. The Morgan fingerprint density at radius 2 is 2.06 bits per heavy atom. The van der Waals surface area contributed by atoms with Gasteiger partial charge in [-0.1, -0.05) is 11.6 Å². The average molecular weight is 242 g/mol. The molecule has 1 aliphatic rings. The Morgan fingerprint density at radius 1 is 1.38 bits per heavy atom. The molecule has 0 unspecified atom stereocenters. The third-order valence-corrected chi connectivity index (χ3v) is 3.28. The molecular weight excluding hydrogens is 226 g/mol. The Hall–Kier alpha value is -0.770. The van der Waals surface area contributed by atoms with Crippen molar-refractivity contribution in [2.45, 2.75) is 13.5 Å². The summed E-state index contributed by atoms with van der Waals surface area (Å²) in [5, 5.41) is 10.3. The maximum absolute atomic E-state index is 9.68. The van der Waals surface area contributed by atoms with Crippen LogP contribution in [-0.2, 0) is 11.3 Å². The largest absolute Gasteiger partial charge is 0.508 e. The van der Waals surface area contributed by atoms with Crippen LogP contribution in [0, 0.1) is 6.92 Å². The van der Waals surface area contributed by atoms with Crippen molar-refractivity contribution in [2.75, 3.05) is 26.3 Å². The van der Waals surface area contributed by atoms with Gasteiger partial charge in [0.05, 0.1) is 13.2 Å². The summed E-state index contributed by atoms with van der Waals surface area (Å²) in [6.07, 6.45) is 0. The van der Waals surface area contributed by atoms with Crippen LogP contribution in [0.25, 0.3) is 0 Å². The van der Waals surface area contributed by atoms with Gasteiger partial charge in [-0.05, 0) is 24.6 Å². The monoisotopic (exact) mass is 241 g/mol. The molecule has 0 saturated carbocycles. The SMILES string of the molecule is Cc1c(O)cc(CN2CCOCC2)cc1Cl. The van der Waals surface area contributed by atoms with Crippen molar-refractivity contribution in [1.82, 2.24) is 4.90 Å². The molecule has 0 amide bonds. The van der Waals surface area contributed by atoms with Crippen molar-refractivity contribution in [3.05, 3.63) is 28.3 Å². The molecule has 16 heavy (non-hydrogen) atoms. The Labute approximate surface area is 101 Å². The molecular formula is C12H16ClNO2. The van der Waals surface area contributed by atoms with Crippen LogP contribution >= 0.6 is 11.6 Å². The highest BCUT2D eigenvalue weighted by Crippen LogP contribution is 2.27. The molecule has 0 radical (unpaired) electrons. The molecule has 0 aliphatic carbocycles.